The van der Waals surface area contributed by atoms with Crippen LogP contribution in [0.4, 0.5) is 22.0 Å². The summed E-state index contributed by atoms with van der Waals surface area (Å²) in [5.74, 6) is -9.45. The molecule has 1 unspecified atom stereocenters. The van der Waals surface area contributed by atoms with E-state index >= 15 is 0 Å². The van der Waals surface area contributed by atoms with Crippen molar-refractivity contribution in [1.82, 2.24) is 5.32 Å². The van der Waals surface area contributed by atoms with Gasteiger partial charge in [-0.2, -0.15) is 0 Å². The summed E-state index contributed by atoms with van der Waals surface area (Å²) in [5.41, 5.74) is -0.789. The molecule has 0 saturated heterocycles. The van der Waals surface area contributed by atoms with E-state index in [0.29, 0.717) is 12.8 Å². The zero-order valence-corrected chi connectivity index (χ0v) is 10.1. The molecule has 102 valence electrons. The minimum Gasteiger partial charge on any atom is -0.313 e. The molecule has 1 nitrogen and oxygen atoms in total. The summed E-state index contributed by atoms with van der Waals surface area (Å²) in [5, 5.41) is 2.57. The lowest BCUT2D eigenvalue weighted by atomic mass is 9.99. The fraction of sp³-hybridized carbons (Fsp3) is 0.500. The molecule has 0 bridgehead atoms. The second-order valence-corrected chi connectivity index (χ2v) is 3.97. The lowest BCUT2D eigenvalue weighted by Gasteiger charge is -2.18. The minimum atomic E-state index is -2.13. The molecular weight excluding hydrogens is 253 g/mol. The van der Waals surface area contributed by atoms with Crippen LogP contribution < -0.4 is 5.32 Å². The van der Waals surface area contributed by atoms with Gasteiger partial charge in [0.2, 0.25) is 5.82 Å². The molecule has 18 heavy (non-hydrogen) atoms. The highest BCUT2D eigenvalue weighted by Gasteiger charge is 2.29. The molecule has 1 N–H and O–H groups in total. The Hall–Kier alpha value is -1.17. The van der Waals surface area contributed by atoms with Gasteiger partial charge in [0.25, 0.3) is 0 Å². The summed E-state index contributed by atoms with van der Waals surface area (Å²) < 4.78 is 65.9. The quantitative estimate of drug-likeness (QED) is 0.485. The first-order valence-corrected chi connectivity index (χ1v) is 5.64. The Morgan fingerprint density at radius 1 is 0.889 bits per heavy atom. The maximum Gasteiger partial charge on any atom is 0.200 e. The van der Waals surface area contributed by atoms with Gasteiger partial charge in [-0.05, 0) is 13.5 Å². The van der Waals surface area contributed by atoms with E-state index in [1.54, 1.807) is 0 Å². The fourth-order valence-corrected chi connectivity index (χ4v) is 1.77. The number of rotatable bonds is 5. The summed E-state index contributed by atoms with van der Waals surface area (Å²) in [6.07, 6.45) is 1.67. The van der Waals surface area contributed by atoms with E-state index in [-0.39, 0.29) is 0 Å². The molecule has 0 radical (unpaired) electrons. The number of unbranched alkanes of at least 4 members (excludes halogenated alkanes) is 1. The number of nitrogens with one attached hydrogen (secondary N) is 1. The Kier molecular flexibility index (Phi) is 5.07. The Morgan fingerprint density at radius 2 is 1.33 bits per heavy atom. The van der Waals surface area contributed by atoms with E-state index in [4.69, 9.17) is 0 Å². The average molecular weight is 267 g/mol. The van der Waals surface area contributed by atoms with E-state index in [0.717, 1.165) is 6.42 Å². The standard InChI is InChI=1S/C12H14F5N/c1-3-4-5-6(18-2)7-8(13)10(15)12(17)11(16)9(7)14/h6,18H,3-5H2,1-2H3. The van der Waals surface area contributed by atoms with Gasteiger partial charge in [-0.25, -0.2) is 22.0 Å². The Morgan fingerprint density at radius 3 is 1.72 bits per heavy atom. The molecule has 0 aliphatic rings. The summed E-state index contributed by atoms with van der Waals surface area (Å²) in [7, 11) is 1.42. The monoisotopic (exact) mass is 267 g/mol. The van der Waals surface area contributed by atoms with E-state index < -0.39 is 40.7 Å². The molecule has 0 heterocycles. The van der Waals surface area contributed by atoms with E-state index in [2.05, 4.69) is 5.32 Å². The van der Waals surface area contributed by atoms with Gasteiger partial charge >= 0.3 is 0 Å². The average Bonchev–Trinajstić information content (AvgIpc) is 2.38. The lowest BCUT2D eigenvalue weighted by molar-refractivity contribution is 0.354. The molecule has 0 amide bonds. The van der Waals surface area contributed by atoms with Crippen LogP contribution in [-0.4, -0.2) is 7.05 Å². The topological polar surface area (TPSA) is 12.0 Å². The molecule has 6 heteroatoms. The lowest BCUT2D eigenvalue weighted by Crippen LogP contribution is -2.21. The maximum absolute atomic E-state index is 13.5. The van der Waals surface area contributed by atoms with Gasteiger partial charge < -0.3 is 5.32 Å². The molecule has 0 spiro atoms. The Balaban J connectivity index is 3.30. The first-order valence-electron chi connectivity index (χ1n) is 5.64. The van der Waals surface area contributed by atoms with E-state index in [9.17, 15) is 22.0 Å². The van der Waals surface area contributed by atoms with Crippen LogP contribution in [0.3, 0.4) is 0 Å². The number of halogens is 5. The van der Waals surface area contributed by atoms with Gasteiger partial charge in [0.05, 0.1) is 0 Å². The third-order valence-corrected chi connectivity index (χ3v) is 2.79. The highest BCUT2D eigenvalue weighted by molar-refractivity contribution is 5.27. The Bertz CT molecular complexity index is 404. The van der Waals surface area contributed by atoms with Crippen molar-refractivity contribution in [1.29, 1.82) is 0 Å². The summed E-state index contributed by atoms with van der Waals surface area (Å²) in [6, 6.07) is -0.894. The molecular formula is C12H14F5N. The number of hydrogen-bond donors (Lipinski definition) is 1. The summed E-state index contributed by atoms with van der Waals surface area (Å²) in [6.45, 7) is 1.87. The smallest absolute Gasteiger partial charge is 0.200 e. The predicted molar refractivity (Wildman–Crippen MR) is 57.6 cm³/mol. The summed E-state index contributed by atoms with van der Waals surface area (Å²) in [4.78, 5) is 0. The van der Waals surface area contributed by atoms with Gasteiger partial charge in [0, 0.05) is 11.6 Å². The van der Waals surface area contributed by atoms with Crippen molar-refractivity contribution in [2.75, 3.05) is 7.05 Å². The molecule has 1 aromatic rings. The van der Waals surface area contributed by atoms with Gasteiger partial charge in [0.1, 0.15) is 0 Å². The second-order valence-electron chi connectivity index (χ2n) is 3.97. The van der Waals surface area contributed by atoms with Crippen LogP contribution in [0.1, 0.15) is 37.8 Å². The van der Waals surface area contributed by atoms with Crippen molar-refractivity contribution in [3.8, 4) is 0 Å². The van der Waals surface area contributed by atoms with Gasteiger partial charge in [-0.15, -0.1) is 0 Å². The highest BCUT2D eigenvalue weighted by atomic mass is 19.2. The van der Waals surface area contributed by atoms with Crippen molar-refractivity contribution in [2.45, 2.75) is 32.2 Å². The van der Waals surface area contributed by atoms with Crippen molar-refractivity contribution in [3.05, 3.63) is 34.6 Å². The van der Waals surface area contributed by atoms with E-state index in [1.807, 2.05) is 6.92 Å². The SMILES string of the molecule is CCCCC(NC)c1c(F)c(F)c(F)c(F)c1F. The molecule has 1 aromatic carbocycles. The van der Waals surface area contributed by atoms with E-state index in [1.165, 1.54) is 7.05 Å². The van der Waals surface area contributed by atoms with Gasteiger partial charge in [-0.1, -0.05) is 19.8 Å². The fourth-order valence-electron chi connectivity index (χ4n) is 1.77. The van der Waals surface area contributed by atoms with Crippen molar-refractivity contribution < 1.29 is 22.0 Å². The molecule has 0 aliphatic heterocycles. The molecule has 1 rings (SSSR count). The number of hydrogen-bond acceptors (Lipinski definition) is 1. The summed E-state index contributed by atoms with van der Waals surface area (Å²) >= 11 is 0. The van der Waals surface area contributed by atoms with Crippen LogP contribution in [0.15, 0.2) is 0 Å². The Labute approximate surface area is 102 Å². The van der Waals surface area contributed by atoms with Crippen LogP contribution in [0.5, 0.6) is 0 Å². The molecule has 0 fully saturated rings. The van der Waals surface area contributed by atoms with Crippen LogP contribution in [0, 0.1) is 29.1 Å². The molecule has 0 aliphatic carbocycles. The second kappa shape index (κ2) is 6.13. The molecule has 0 saturated carbocycles. The third-order valence-electron chi connectivity index (χ3n) is 2.79. The first kappa shape index (κ1) is 14.9. The van der Waals surface area contributed by atoms with Gasteiger partial charge in [-0.3, -0.25) is 0 Å². The van der Waals surface area contributed by atoms with Gasteiger partial charge in [0.15, 0.2) is 23.3 Å². The van der Waals surface area contributed by atoms with Crippen molar-refractivity contribution in [3.63, 3.8) is 0 Å². The maximum atomic E-state index is 13.5. The zero-order chi connectivity index (χ0) is 13.9. The van der Waals surface area contributed by atoms with Crippen LogP contribution in [0.25, 0.3) is 0 Å². The van der Waals surface area contributed by atoms with Crippen molar-refractivity contribution in [2.24, 2.45) is 0 Å². The van der Waals surface area contributed by atoms with Crippen LogP contribution in [0.2, 0.25) is 0 Å². The third kappa shape index (κ3) is 2.63. The first-order chi connectivity index (χ1) is 8.45. The molecule has 1 atom stereocenters. The van der Waals surface area contributed by atoms with Crippen LogP contribution >= 0.6 is 0 Å². The normalized spacial score (nSPS) is 12.8. The largest absolute Gasteiger partial charge is 0.313 e. The molecule has 0 aromatic heterocycles. The number of benzene rings is 1. The highest BCUT2D eigenvalue weighted by Crippen LogP contribution is 2.30. The van der Waals surface area contributed by atoms with Crippen molar-refractivity contribution >= 4 is 0 Å². The minimum absolute atomic E-state index is 0.297. The zero-order valence-electron chi connectivity index (χ0n) is 10.1. The predicted octanol–water partition coefficient (Wildman–Crippen LogP) is 3.83. The van der Waals surface area contributed by atoms with Crippen LogP contribution in [-0.2, 0) is 0 Å².